The molecular weight excluding hydrogens is 324 g/mol. The first kappa shape index (κ1) is 15.4. The van der Waals surface area contributed by atoms with Gasteiger partial charge in [-0.15, -0.1) is 0 Å². The highest BCUT2D eigenvalue weighted by atomic mass is 16.6. The Labute approximate surface area is 143 Å². The Morgan fingerprint density at radius 1 is 1.16 bits per heavy atom. The molecule has 1 atom stereocenters. The van der Waals surface area contributed by atoms with Crippen LogP contribution in [-0.4, -0.2) is 24.0 Å². The molecule has 1 amide bonds. The van der Waals surface area contributed by atoms with Crippen LogP contribution in [-0.2, 0) is 6.42 Å². The monoisotopic (exact) mass is 340 g/mol. The van der Waals surface area contributed by atoms with Crippen molar-refractivity contribution in [2.75, 3.05) is 13.2 Å². The fraction of sp³-hybridized carbons (Fsp3) is 0.278. The van der Waals surface area contributed by atoms with E-state index < -0.39 is 10.8 Å². The third kappa shape index (κ3) is 2.77. The van der Waals surface area contributed by atoms with Gasteiger partial charge in [0.25, 0.3) is 11.6 Å². The van der Waals surface area contributed by atoms with E-state index in [1.54, 1.807) is 0 Å². The molecule has 7 heteroatoms. The van der Waals surface area contributed by atoms with Crippen molar-refractivity contribution in [3.05, 3.63) is 63.2 Å². The summed E-state index contributed by atoms with van der Waals surface area (Å²) in [5.74, 6) is 0.167. The van der Waals surface area contributed by atoms with E-state index in [2.05, 4.69) is 5.32 Å². The summed E-state index contributed by atoms with van der Waals surface area (Å²) < 4.78 is 10.8. The molecule has 25 heavy (non-hydrogen) atoms. The minimum atomic E-state index is -0.574. The fourth-order valence-corrected chi connectivity index (χ4v) is 3.35. The third-order valence-electron chi connectivity index (χ3n) is 4.54. The molecular formula is C18H16N2O5. The average molecular weight is 340 g/mol. The number of hydrogen-bond acceptors (Lipinski definition) is 5. The number of nitrogens with zero attached hydrogens (tertiary/aromatic N) is 1. The zero-order valence-corrected chi connectivity index (χ0v) is 13.4. The fourth-order valence-electron chi connectivity index (χ4n) is 3.35. The molecule has 1 unspecified atom stereocenters. The molecule has 7 nitrogen and oxygen atoms in total. The molecule has 0 saturated heterocycles. The topological polar surface area (TPSA) is 90.7 Å². The normalized spacial score (nSPS) is 17.7. The van der Waals surface area contributed by atoms with E-state index in [0.717, 1.165) is 18.4 Å². The van der Waals surface area contributed by atoms with Crippen LogP contribution in [0.3, 0.4) is 0 Å². The highest BCUT2D eigenvalue weighted by molar-refractivity contribution is 5.99. The van der Waals surface area contributed by atoms with Gasteiger partial charge in [0, 0.05) is 6.07 Å². The van der Waals surface area contributed by atoms with E-state index in [9.17, 15) is 14.9 Å². The molecule has 0 fully saturated rings. The molecule has 0 bridgehead atoms. The molecule has 128 valence electrons. The van der Waals surface area contributed by atoms with Gasteiger partial charge >= 0.3 is 0 Å². The first-order valence-electron chi connectivity index (χ1n) is 8.10. The van der Waals surface area contributed by atoms with E-state index in [4.69, 9.17) is 9.47 Å². The number of ether oxygens (including phenoxy) is 2. The lowest BCUT2D eigenvalue weighted by Gasteiger charge is -2.19. The van der Waals surface area contributed by atoms with Crippen LogP contribution < -0.4 is 14.8 Å². The zero-order valence-electron chi connectivity index (χ0n) is 13.4. The highest BCUT2D eigenvalue weighted by Crippen LogP contribution is 2.37. The van der Waals surface area contributed by atoms with Crippen molar-refractivity contribution in [2.24, 2.45) is 0 Å². The Bertz CT molecular complexity index is 865. The van der Waals surface area contributed by atoms with Crippen LogP contribution in [0.1, 0.15) is 33.9 Å². The second-order valence-electron chi connectivity index (χ2n) is 6.03. The summed E-state index contributed by atoms with van der Waals surface area (Å²) >= 11 is 0. The number of nitro groups is 1. The largest absolute Gasteiger partial charge is 0.486 e. The Balaban J connectivity index is 1.65. The molecule has 0 aromatic heterocycles. The lowest BCUT2D eigenvalue weighted by molar-refractivity contribution is -0.385. The first-order valence-corrected chi connectivity index (χ1v) is 8.10. The van der Waals surface area contributed by atoms with Crippen LogP contribution in [0, 0.1) is 10.1 Å². The van der Waals surface area contributed by atoms with Crippen molar-refractivity contribution in [1.29, 1.82) is 0 Å². The molecule has 2 aromatic rings. The third-order valence-corrected chi connectivity index (χ3v) is 4.54. The van der Waals surface area contributed by atoms with Gasteiger partial charge in [-0.05, 0) is 24.0 Å². The molecule has 1 aliphatic heterocycles. The van der Waals surface area contributed by atoms with Crippen molar-refractivity contribution in [2.45, 2.75) is 18.9 Å². The number of nitro benzene ring substituents is 1. The summed E-state index contributed by atoms with van der Waals surface area (Å²) in [6.45, 7) is 0.677. The van der Waals surface area contributed by atoms with Gasteiger partial charge in [-0.3, -0.25) is 14.9 Å². The Morgan fingerprint density at radius 3 is 2.64 bits per heavy atom. The minimum absolute atomic E-state index is 0.0152. The van der Waals surface area contributed by atoms with Gasteiger partial charge in [0.1, 0.15) is 18.8 Å². The van der Waals surface area contributed by atoms with Crippen LogP contribution >= 0.6 is 0 Å². The standard InChI is InChI=1S/C18H16N2O5/c21-18(19-14-6-5-11-3-1-2-4-12(11)14)13-9-16-17(25-8-7-24-16)10-15(13)20(22)23/h1-4,9-10,14H,5-8H2,(H,19,21). The van der Waals surface area contributed by atoms with Gasteiger partial charge in [0.05, 0.1) is 17.0 Å². The molecule has 0 saturated carbocycles. The Kier molecular flexibility index (Phi) is 3.76. The summed E-state index contributed by atoms with van der Waals surface area (Å²) in [5.41, 5.74) is 1.96. The van der Waals surface area contributed by atoms with Crippen molar-refractivity contribution in [3.8, 4) is 11.5 Å². The average Bonchev–Trinajstić information content (AvgIpc) is 3.03. The van der Waals surface area contributed by atoms with Gasteiger partial charge in [-0.1, -0.05) is 24.3 Å². The molecule has 0 radical (unpaired) electrons. The predicted molar refractivity (Wildman–Crippen MR) is 89.1 cm³/mol. The van der Waals surface area contributed by atoms with Crippen molar-refractivity contribution >= 4 is 11.6 Å². The minimum Gasteiger partial charge on any atom is -0.486 e. The number of carbonyl (C=O) groups is 1. The lowest BCUT2D eigenvalue weighted by atomic mass is 10.1. The summed E-state index contributed by atoms with van der Waals surface area (Å²) in [5, 5.41) is 14.3. The van der Waals surface area contributed by atoms with Gasteiger partial charge < -0.3 is 14.8 Å². The number of aryl methyl sites for hydroxylation is 1. The second-order valence-corrected chi connectivity index (χ2v) is 6.03. The number of amides is 1. The molecule has 1 aliphatic carbocycles. The summed E-state index contributed by atoms with van der Waals surface area (Å²) in [7, 11) is 0. The van der Waals surface area contributed by atoms with E-state index in [-0.39, 0.29) is 17.3 Å². The molecule has 1 heterocycles. The number of benzene rings is 2. The van der Waals surface area contributed by atoms with Gasteiger partial charge in [0.2, 0.25) is 0 Å². The Hall–Kier alpha value is -3.09. The predicted octanol–water partition coefficient (Wildman–Crippen LogP) is 2.78. The van der Waals surface area contributed by atoms with Gasteiger partial charge in [0.15, 0.2) is 11.5 Å². The quantitative estimate of drug-likeness (QED) is 0.685. The molecule has 1 N–H and O–H groups in total. The maximum Gasteiger partial charge on any atom is 0.286 e. The van der Waals surface area contributed by atoms with E-state index in [1.807, 2.05) is 24.3 Å². The first-order chi connectivity index (χ1) is 12.1. The number of carbonyl (C=O) groups excluding carboxylic acids is 1. The number of hydrogen-bond donors (Lipinski definition) is 1. The number of rotatable bonds is 3. The molecule has 0 spiro atoms. The van der Waals surface area contributed by atoms with Gasteiger partial charge in [-0.25, -0.2) is 0 Å². The molecule has 4 rings (SSSR count). The summed E-state index contributed by atoms with van der Waals surface area (Å²) in [4.78, 5) is 23.5. The molecule has 2 aromatic carbocycles. The lowest BCUT2D eigenvalue weighted by Crippen LogP contribution is -2.28. The van der Waals surface area contributed by atoms with E-state index in [1.165, 1.54) is 17.7 Å². The van der Waals surface area contributed by atoms with Crippen molar-refractivity contribution in [3.63, 3.8) is 0 Å². The zero-order chi connectivity index (χ0) is 17.4. The van der Waals surface area contributed by atoms with Crippen molar-refractivity contribution < 1.29 is 19.2 Å². The van der Waals surface area contributed by atoms with Crippen LogP contribution in [0.25, 0.3) is 0 Å². The van der Waals surface area contributed by atoms with Crippen molar-refractivity contribution in [1.82, 2.24) is 5.32 Å². The Morgan fingerprint density at radius 2 is 1.88 bits per heavy atom. The van der Waals surface area contributed by atoms with E-state index >= 15 is 0 Å². The van der Waals surface area contributed by atoms with Crippen LogP contribution in [0.2, 0.25) is 0 Å². The summed E-state index contributed by atoms with van der Waals surface area (Å²) in [6, 6.07) is 10.4. The highest BCUT2D eigenvalue weighted by Gasteiger charge is 2.29. The summed E-state index contributed by atoms with van der Waals surface area (Å²) in [6.07, 6.45) is 1.66. The molecule has 2 aliphatic rings. The van der Waals surface area contributed by atoms with Crippen LogP contribution in [0.4, 0.5) is 5.69 Å². The number of nitrogens with one attached hydrogen (secondary N) is 1. The maximum atomic E-state index is 12.7. The number of fused-ring (bicyclic) bond motifs is 2. The van der Waals surface area contributed by atoms with Crippen LogP contribution in [0.15, 0.2) is 36.4 Å². The smallest absolute Gasteiger partial charge is 0.286 e. The van der Waals surface area contributed by atoms with Gasteiger partial charge in [-0.2, -0.15) is 0 Å². The van der Waals surface area contributed by atoms with Crippen LogP contribution in [0.5, 0.6) is 11.5 Å². The van der Waals surface area contributed by atoms with E-state index in [0.29, 0.717) is 24.7 Å². The SMILES string of the molecule is O=C(NC1CCc2ccccc21)c1cc2c(cc1[N+](=O)[O-])OCCO2. The maximum absolute atomic E-state index is 12.7. The second kappa shape index (κ2) is 6.08.